The quantitative estimate of drug-likeness (QED) is 0.423. The number of nitrogens with zero attached hydrogens (tertiary/aromatic N) is 4. The Bertz CT molecular complexity index is 1220. The summed E-state index contributed by atoms with van der Waals surface area (Å²) in [4.78, 5) is 19.6. The van der Waals surface area contributed by atoms with Crippen LogP contribution in [0.2, 0.25) is 0 Å². The Morgan fingerprint density at radius 2 is 1.79 bits per heavy atom. The van der Waals surface area contributed by atoms with E-state index in [9.17, 15) is 4.79 Å². The number of fused-ring (bicyclic) bond motifs is 1. The zero-order chi connectivity index (χ0) is 23.3. The second kappa shape index (κ2) is 9.87. The number of rotatable bonds is 8. The fraction of sp³-hybridized carbons (Fsp3) is 0.259. The molecule has 3 aromatic heterocycles. The van der Waals surface area contributed by atoms with Crippen LogP contribution in [-0.2, 0) is 17.8 Å². The van der Waals surface area contributed by atoms with E-state index in [4.69, 9.17) is 14.9 Å². The van der Waals surface area contributed by atoms with Crippen molar-refractivity contribution >= 4 is 5.97 Å². The van der Waals surface area contributed by atoms with E-state index in [0.717, 1.165) is 48.1 Å². The average molecular weight is 455 g/mol. The van der Waals surface area contributed by atoms with E-state index >= 15 is 0 Å². The molecule has 0 bridgehead atoms. The van der Waals surface area contributed by atoms with Gasteiger partial charge in [-0.3, -0.25) is 14.6 Å². The summed E-state index contributed by atoms with van der Waals surface area (Å²) in [5.74, 6) is 0.00992. The highest BCUT2D eigenvalue weighted by Crippen LogP contribution is 2.38. The molecule has 1 aromatic carbocycles. The van der Waals surface area contributed by atoms with Crippen molar-refractivity contribution in [2.45, 2.75) is 37.6 Å². The van der Waals surface area contributed by atoms with E-state index in [2.05, 4.69) is 34.4 Å². The number of hydrogen-bond acceptors (Lipinski definition) is 5. The second-order valence-corrected chi connectivity index (χ2v) is 8.60. The molecule has 34 heavy (non-hydrogen) atoms. The van der Waals surface area contributed by atoms with Crippen LogP contribution in [0.4, 0.5) is 0 Å². The van der Waals surface area contributed by atoms with Crippen molar-refractivity contribution in [1.82, 2.24) is 19.7 Å². The molecule has 5 rings (SSSR count). The predicted molar refractivity (Wildman–Crippen MR) is 127 cm³/mol. The van der Waals surface area contributed by atoms with E-state index in [-0.39, 0.29) is 12.5 Å². The highest BCUT2D eigenvalue weighted by Gasteiger charge is 2.25. The lowest BCUT2D eigenvalue weighted by Crippen LogP contribution is -2.18. The predicted octanol–water partition coefficient (Wildman–Crippen LogP) is 4.44. The molecule has 3 heterocycles. The Labute approximate surface area is 198 Å². The number of hydrogen-bond donors (Lipinski definition) is 1. The number of aliphatic carboxylic acids is 1. The molecule has 0 saturated heterocycles. The first-order valence-corrected chi connectivity index (χ1v) is 11.5. The summed E-state index contributed by atoms with van der Waals surface area (Å²) in [7, 11) is 0. The SMILES string of the molecule is O=C(O)COc1cccc2c1CCCC2Cn1cc(C(c2cccnc2)c2cccnc2)cn1. The molecule has 7 heteroatoms. The van der Waals surface area contributed by atoms with E-state index in [0.29, 0.717) is 11.7 Å². The Hall–Kier alpha value is -4.00. The molecule has 0 fully saturated rings. The highest BCUT2D eigenvalue weighted by atomic mass is 16.5. The number of pyridine rings is 2. The Kier molecular flexibility index (Phi) is 6.33. The van der Waals surface area contributed by atoms with Crippen LogP contribution < -0.4 is 4.74 Å². The summed E-state index contributed by atoms with van der Waals surface area (Å²) in [6, 6.07) is 14.0. The van der Waals surface area contributed by atoms with Crippen LogP contribution in [0.25, 0.3) is 0 Å². The summed E-state index contributed by atoms with van der Waals surface area (Å²) in [6.45, 7) is 0.426. The molecule has 1 unspecified atom stereocenters. The Morgan fingerprint density at radius 1 is 1.03 bits per heavy atom. The highest BCUT2D eigenvalue weighted by molar-refractivity contribution is 5.68. The smallest absolute Gasteiger partial charge is 0.341 e. The summed E-state index contributed by atoms with van der Waals surface area (Å²) in [6.07, 6.45) is 14.4. The van der Waals surface area contributed by atoms with E-state index < -0.39 is 5.97 Å². The third kappa shape index (κ3) is 4.69. The maximum atomic E-state index is 11.0. The largest absolute Gasteiger partial charge is 0.482 e. The number of carbonyl (C=O) groups is 1. The first-order valence-electron chi connectivity index (χ1n) is 11.5. The standard InChI is InChI=1S/C27H26N4O3/c32-26(33)18-34-25-10-2-8-23-21(5-1-9-24(23)25)16-31-17-22(15-30-31)27(19-6-3-11-28-13-19)20-7-4-12-29-14-20/h2-4,6-8,10-15,17,21,27H,1,5,9,16,18H2,(H,32,33). The van der Waals surface area contributed by atoms with Crippen molar-refractivity contribution in [2.75, 3.05) is 6.61 Å². The van der Waals surface area contributed by atoms with Gasteiger partial charge in [-0.1, -0.05) is 24.3 Å². The topological polar surface area (TPSA) is 90.1 Å². The van der Waals surface area contributed by atoms with Crippen molar-refractivity contribution in [3.8, 4) is 5.75 Å². The molecule has 1 aliphatic rings. The van der Waals surface area contributed by atoms with E-state index in [1.807, 2.05) is 47.5 Å². The van der Waals surface area contributed by atoms with Gasteiger partial charge in [0, 0.05) is 54.9 Å². The van der Waals surface area contributed by atoms with Gasteiger partial charge in [-0.2, -0.15) is 5.10 Å². The van der Waals surface area contributed by atoms with Gasteiger partial charge in [0.1, 0.15) is 5.75 Å². The van der Waals surface area contributed by atoms with Gasteiger partial charge in [-0.05, 0) is 59.7 Å². The first kappa shape index (κ1) is 21.8. The van der Waals surface area contributed by atoms with Crippen molar-refractivity contribution in [3.63, 3.8) is 0 Å². The summed E-state index contributed by atoms with van der Waals surface area (Å²) in [5, 5.41) is 13.7. The lowest BCUT2D eigenvalue weighted by atomic mass is 9.82. The maximum Gasteiger partial charge on any atom is 0.341 e. The van der Waals surface area contributed by atoms with Gasteiger partial charge in [-0.15, -0.1) is 0 Å². The molecule has 0 spiro atoms. The molecule has 0 amide bonds. The zero-order valence-corrected chi connectivity index (χ0v) is 18.7. The van der Waals surface area contributed by atoms with Gasteiger partial charge in [0.25, 0.3) is 0 Å². The van der Waals surface area contributed by atoms with Crippen LogP contribution >= 0.6 is 0 Å². The maximum absolute atomic E-state index is 11.0. The van der Waals surface area contributed by atoms with Gasteiger partial charge < -0.3 is 9.84 Å². The first-order chi connectivity index (χ1) is 16.7. The van der Waals surface area contributed by atoms with Gasteiger partial charge in [0.05, 0.1) is 6.20 Å². The van der Waals surface area contributed by atoms with Crippen molar-refractivity contribution in [1.29, 1.82) is 0 Å². The van der Waals surface area contributed by atoms with E-state index in [1.54, 1.807) is 12.4 Å². The van der Waals surface area contributed by atoms with Crippen molar-refractivity contribution in [3.05, 3.63) is 107 Å². The zero-order valence-electron chi connectivity index (χ0n) is 18.7. The van der Waals surface area contributed by atoms with Crippen molar-refractivity contribution in [2.24, 2.45) is 0 Å². The Balaban J connectivity index is 1.41. The Morgan fingerprint density at radius 3 is 2.47 bits per heavy atom. The molecular weight excluding hydrogens is 428 g/mol. The molecule has 1 atom stereocenters. The normalized spacial score (nSPS) is 15.1. The van der Waals surface area contributed by atoms with Crippen LogP contribution in [0.5, 0.6) is 5.75 Å². The average Bonchev–Trinajstić information content (AvgIpc) is 3.32. The van der Waals surface area contributed by atoms with E-state index in [1.165, 1.54) is 5.56 Å². The fourth-order valence-electron chi connectivity index (χ4n) is 4.90. The van der Waals surface area contributed by atoms with Gasteiger partial charge in [0.15, 0.2) is 6.61 Å². The van der Waals surface area contributed by atoms with Gasteiger partial charge >= 0.3 is 5.97 Å². The molecule has 172 valence electrons. The minimum absolute atomic E-state index is 0.00538. The molecule has 0 saturated carbocycles. The molecular formula is C27H26N4O3. The molecule has 4 aromatic rings. The van der Waals surface area contributed by atoms with Crippen LogP contribution in [0.3, 0.4) is 0 Å². The monoisotopic (exact) mass is 454 g/mol. The minimum atomic E-state index is -0.967. The molecule has 0 aliphatic heterocycles. The number of aromatic nitrogens is 4. The summed E-state index contributed by atoms with van der Waals surface area (Å²) in [5.41, 5.74) is 5.63. The van der Waals surface area contributed by atoms with Crippen LogP contribution in [-0.4, -0.2) is 37.4 Å². The van der Waals surface area contributed by atoms with Crippen LogP contribution in [0, 0.1) is 0 Å². The minimum Gasteiger partial charge on any atom is -0.482 e. The molecule has 1 N–H and O–H groups in total. The third-order valence-corrected chi connectivity index (χ3v) is 6.37. The van der Waals surface area contributed by atoms with Crippen molar-refractivity contribution < 1.29 is 14.6 Å². The second-order valence-electron chi connectivity index (χ2n) is 8.60. The molecule has 0 radical (unpaired) electrons. The number of carboxylic acid groups (broad SMARTS) is 1. The fourth-order valence-corrected chi connectivity index (χ4v) is 4.90. The van der Waals surface area contributed by atoms with Crippen LogP contribution in [0.1, 0.15) is 52.5 Å². The molecule has 1 aliphatic carbocycles. The molecule has 7 nitrogen and oxygen atoms in total. The lowest BCUT2D eigenvalue weighted by molar-refractivity contribution is -0.139. The summed E-state index contributed by atoms with van der Waals surface area (Å²) >= 11 is 0. The number of benzene rings is 1. The van der Waals surface area contributed by atoms with Gasteiger partial charge in [-0.25, -0.2) is 4.79 Å². The lowest BCUT2D eigenvalue weighted by Gasteiger charge is -2.27. The summed E-state index contributed by atoms with van der Waals surface area (Å²) < 4.78 is 7.58. The van der Waals surface area contributed by atoms with Crippen LogP contribution in [0.15, 0.2) is 79.6 Å². The van der Waals surface area contributed by atoms with Gasteiger partial charge in [0.2, 0.25) is 0 Å². The third-order valence-electron chi connectivity index (χ3n) is 6.37. The number of carboxylic acids is 1. The number of ether oxygens (including phenoxy) is 1.